The second-order valence-corrected chi connectivity index (χ2v) is 9.43. The van der Waals surface area contributed by atoms with Crippen molar-refractivity contribution in [2.45, 2.75) is 45.4 Å². The first kappa shape index (κ1) is 26.2. The first-order valence-corrected chi connectivity index (χ1v) is 12.8. The van der Waals surface area contributed by atoms with Crippen molar-refractivity contribution >= 4 is 46.7 Å². The van der Waals surface area contributed by atoms with Gasteiger partial charge in [0.25, 0.3) is 0 Å². The number of amides is 2. The van der Waals surface area contributed by atoms with E-state index < -0.39 is 5.41 Å². The van der Waals surface area contributed by atoms with Crippen molar-refractivity contribution in [2.75, 3.05) is 10.6 Å². The first-order chi connectivity index (χ1) is 17.8. The summed E-state index contributed by atoms with van der Waals surface area (Å²) in [5, 5.41) is 6.65. The van der Waals surface area contributed by atoms with Crippen LogP contribution in [0.2, 0.25) is 0 Å². The second kappa shape index (κ2) is 11.0. The van der Waals surface area contributed by atoms with Gasteiger partial charge in [0.15, 0.2) is 0 Å². The molecule has 1 aromatic heterocycles. The van der Waals surface area contributed by atoms with Gasteiger partial charge < -0.3 is 15.4 Å². The number of ether oxygens (including phenoxy) is 1. The molecule has 37 heavy (non-hydrogen) atoms. The van der Waals surface area contributed by atoms with Gasteiger partial charge in [-0.15, -0.1) is 12.6 Å². The quantitative estimate of drug-likeness (QED) is 0.186. The van der Waals surface area contributed by atoms with Crippen molar-refractivity contribution in [3.05, 3.63) is 84.1 Å². The summed E-state index contributed by atoms with van der Waals surface area (Å²) in [6.07, 6.45) is 2.76. The Labute approximate surface area is 222 Å². The molecule has 1 aliphatic rings. The van der Waals surface area contributed by atoms with Gasteiger partial charge >= 0.3 is 0 Å². The summed E-state index contributed by atoms with van der Waals surface area (Å²) in [6, 6.07) is 20.4. The number of hydrogen-bond acceptors (Lipinski definition) is 5. The fourth-order valence-electron chi connectivity index (χ4n) is 3.91. The van der Waals surface area contributed by atoms with Crippen LogP contribution < -0.4 is 15.4 Å². The number of thiol groups is 1. The average molecular weight is 514 g/mol. The number of carbonyl (C=O) groups is 2. The van der Waals surface area contributed by atoms with E-state index in [0.717, 1.165) is 26.9 Å². The van der Waals surface area contributed by atoms with Crippen LogP contribution >= 0.6 is 12.6 Å². The zero-order valence-electron chi connectivity index (χ0n) is 21.5. The van der Waals surface area contributed by atoms with Crippen LogP contribution in [0, 0.1) is 19.3 Å². The average Bonchev–Trinajstić information content (AvgIpc) is 3.71. The van der Waals surface area contributed by atoms with Crippen LogP contribution in [0.5, 0.6) is 11.5 Å². The minimum atomic E-state index is -1.03. The molecule has 0 unspecified atom stereocenters. The van der Waals surface area contributed by atoms with Crippen LogP contribution in [0.15, 0.2) is 77.8 Å². The number of nitrogens with one attached hydrogen (secondary N) is 2. The van der Waals surface area contributed by atoms with Crippen molar-refractivity contribution in [1.29, 1.82) is 0 Å². The number of fused-ring (bicyclic) bond motifs is 1. The highest BCUT2D eigenvalue weighted by Gasteiger charge is 2.56. The van der Waals surface area contributed by atoms with Gasteiger partial charge in [0, 0.05) is 27.9 Å². The SMILES string of the molecule is CC.Cc1ccc(NC(=O)C2(C(=O)Nc3ccc(Oc4ccnc5cc(S)c(C)cc45)cc3)CC2)cc1. The van der Waals surface area contributed by atoms with Gasteiger partial charge in [-0.05, 0) is 86.8 Å². The fraction of sp³-hybridized carbons (Fsp3) is 0.233. The molecule has 0 spiro atoms. The summed E-state index contributed by atoms with van der Waals surface area (Å²) in [5.74, 6) is 0.742. The number of aromatic nitrogens is 1. The van der Waals surface area contributed by atoms with Gasteiger partial charge in [-0.3, -0.25) is 14.6 Å². The Morgan fingerprint density at radius 2 is 1.43 bits per heavy atom. The Morgan fingerprint density at radius 1 is 0.865 bits per heavy atom. The molecule has 1 saturated carbocycles. The molecule has 7 heteroatoms. The molecule has 5 rings (SSSR count). The lowest BCUT2D eigenvalue weighted by Gasteiger charge is -2.16. The number of rotatable bonds is 6. The lowest BCUT2D eigenvalue weighted by atomic mass is 10.0. The molecule has 0 atom stereocenters. The Morgan fingerprint density at radius 3 is 2.00 bits per heavy atom. The van der Waals surface area contributed by atoms with Crippen molar-refractivity contribution < 1.29 is 14.3 Å². The number of hydrogen-bond donors (Lipinski definition) is 3. The Bertz CT molecular complexity index is 1430. The largest absolute Gasteiger partial charge is 0.457 e. The summed E-state index contributed by atoms with van der Waals surface area (Å²) in [6.45, 7) is 7.97. The van der Waals surface area contributed by atoms with Crippen LogP contribution in [0.25, 0.3) is 10.9 Å². The molecular formula is C30H31N3O3S. The minimum absolute atomic E-state index is 0.275. The molecule has 2 N–H and O–H groups in total. The fourth-order valence-corrected chi connectivity index (χ4v) is 4.09. The van der Waals surface area contributed by atoms with Crippen LogP contribution in [-0.4, -0.2) is 16.8 Å². The van der Waals surface area contributed by atoms with Crippen LogP contribution in [-0.2, 0) is 9.59 Å². The third-order valence-electron chi connectivity index (χ3n) is 6.29. The molecular weight excluding hydrogens is 482 g/mol. The number of benzene rings is 3. The van der Waals surface area contributed by atoms with Crippen LogP contribution in [0.3, 0.4) is 0 Å². The minimum Gasteiger partial charge on any atom is -0.457 e. The second-order valence-electron chi connectivity index (χ2n) is 8.95. The topological polar surface area (TPSA) is 80.3 Å². The van der Waals surface area contributed by atoms with E-state index in [0.29, 0.717) is 35.7 Å². The number of aryl methyl sites for hydroxylation is 2. The van der Waals surface area contributed by atoms with E-state index in [-0.39, 0.29) is 11.8 Å². The standard InChI is InChI=1S/C28H25N3O3S.C2H6/c1-17-3-5-19(6-4-17)30-26(32)28(12-13-28)27(33)31-20-7-9-21(10-8-20)34-24-11-14-29-23-16-25(35)18(2)15-22(23)24;1-2/h3-11,14-16,35H,12-13H2,1-2H3,(H,30,32)(H,31,33);1-2H3. The number of nitrogens with zero attached hydrogens (tertiary/aromatic N) is 1. The molecule has 0 aliphatic heterocycles. The van der Waals surface area contributed by atoms with Gasteiger partial charge in [0.1, 0.15) is 16.9 Å². The third kappa shape index (κ3) is 5.78. The summed E-state index contributed by atoms with van der Waals surface area (Å²) in [4.78, 5) is 31.0. The van der Waals surface area contributed by atoms with E-state index in [4.69, 9.17) is 4.74 Å². The third-order valence-corrected chi connectivity index (χ3v) is 6.77. The van der Waals surface area contributed by atoms with Gasteiger partial charge in [-0.25, -0.2) is 0 Å². The van der Waals surface area contributed by atoms with E-state index in [2.05, 4.69) is 28.2 Å². The summed E-state index contributed by atoms with van der Waals surface area (Å²) in [5.41, 5.74) is 3.21. The van der Waals surface area contributed by atoms with Crippen LogP contribution in [0.4, 0.5) is 11.4 Å². The predicted molar refractivity (Wildman–Crippen MR) is 152 cm³/mol. The smallest absolute Gasteiger partial charge is 0.240 e. The Hall–Kier alpha value is -3.84. The normalized spacial score (nSPS) is 13.2. The lowest BCUT2D eigenvalue weighted by Crippen LogP contribution is -2.35. The molecule has 6 nitrogen and oxygen atoms in total. The molecule has 2 amide bonds. The molecule has 0 radical (unpaired) electrons. The van der Waals surface area contributed by atoms with Crippen molar-refractivity contribution in [1.82, 2.24) is 4.98 Å². The molecule has 1 heterocycles. The predicted octanol–water partition coefficient (Wildman–Crippen LogP) is 7.32. The van der Waals surface area contributed by atoms with Gasteiger partial charge in [0.2, 0.25) is 11.8 Å². The van der Waals surface area contributed by atoms with Gasteiger partial charge in [-0.1, -0.05) is 31.5 Å². The van der Waals surface area contributed by atoms with E-state index in [1.165, 1.54) is 0 Å². The molecule has 1 aliphatic carbocycles. The van der Waals surface area contributed by atoms with Gasteiger partial charge in [-0.2, -0.15) is 0 Å². The molecule has 1 fully saturated rings. The zero-order chi connectivity index (χ0) is 26.6. The summed E-state index contributed by atoms with van der Waals surface area (Å²) >= 11 is 4.47. The first-order valence-electron chi connectivity index (χ1n) is 12.4. The maximum atomic E-state index is 12.9. The van der Waals surface area contributed by atoms with E-state index in [9.17, 15) is 9.59 Å². The highest BCUT2D eigenvalue weighted by Crippen LogP contribution is 2.47. The van der Waals surface area contributed by atoms with Crippen LogP contribution in [0.1, 0.15) is 37.8 Å². The van der Waals surface area contributed by atoms with Gasteiger partial charge in [0.05, 0.1) is 5.52 Å². The highest BCUT2D eigenvalue weighted by atomic mass is 32.1. The monoisotopic (exact) mass is 513 g/mol. The molecule has 3 aromatic carbocycles. The maximum absolute atomic E-state index is 12.9. The Kier molecular flexibility index (Phi) is 7.83. The number of pyridine rings is 1. The number of anilines is 2. The molecule has 190 valence electrons. The van der Waals surface area contributed by atoms with E-state index >= 15 is 0 Å². The Balaban J connectivity index is 0.00000156. The van der Waals surface area contributed by atoms with Crippen molar-refractivity contribution in [3.8, 4) is 11.5 Å². The van der Waals surface area contributed by atoms with E-state index in [1.54, 1.807) is 30.5 Å². The molecule has 0 saturated heterocycles. The summed E-state index contributed by atoms with van der Waals surface area (Å²) in [7, 11) is 0. The molecule has 4 aromatic rings. The van der Waals surface area contributed by atoms with Crippen molar-refractivity contribution in [2.24, 2.45) is 5.41 Å². The summed E-state index contributed by atoms with van der Waals surface area (Å²) < 4.78 is 6.10. The maximum Gasteiger partial charge on any atom is 0.240 e. The highest BCUT2D eigenvalue weighted by molar-refractivity contribution is 7.80. The van der Waals surface area contributed by atoms with Crippen molar-refractivity contribution in [3.63, 3.8) is 0 Å². The lowest BCUT2D eigenvalue weighted by molar-refractivity contribution is -0.131. The van der Waals surface area contributed by atoms with E-state index in [1.807, 2.05) is 70.2 Å². The zero-order valence-corrected chi connectivity index (χ0v) is 22.4. The molecule has 0 bridgehead atoms. The number of carbonyl (C=O) groups excluding carboxylic acids is 2.